The van der Waals surface area contributed by atoms with Crippen LogP contribution in [-0.2, 0) is 0 Å². The number of carbonyl (C=O) groups excluding carboxylic acids is 1. The summed E-state index contributed by atoms with van der Waals surface area (Å²) in [7, 11) is 3.59. The maximum Gasteiger partial charge on any atom is 0.272 e. The Balaban J connectivity index is 2.15. The smallest absolute Gasteiger partial charge is 0.272 e. The molecule has 0 radical (unpaired) electrons. The number of amides is 1. The number of carbonyl (C=O) groups is 1. The van der Waals surface area contributed by atoms with Gasteiger partial charge in [0, 0.05) is 19.1 Å². The van der Waals surface area contributed by atoms with Gasteiger partial charge in [-0.2, -0.15) is 0 Å². The van der Waals surface area contributed by atoms with Gasteiger partial charge in [-0.25, -0.2) is 4.98 Å². The summed E-state index contributed by atoms with van der Waals surface area (Å²) in [5.41, 5.74) is 2.33. The third kappa shape index (κ3) is 3.52. The van der Waals surface area contributed by atoms with Crippen LogP contribution in [0, 0.1) is 0 Å². The largest absolute Gasteiger partial charge is 0.387 e. The number of halogens is 1. The van der Waals surface area contributed by atoms with Crippen LogP contribution in [0.5, 0.6) is 0 Å². The molecule has 0 saturated heterocycles. The lowest BCUT2D eigenvalue weighted by Gasteiger charge is -2.25. The van der Waals surface area contributed by atoms with Crippen molar-refractivity contribution >= 4 is 23.2 Å². The van der Waals surface area contributed by atoms with Crippen LogP contribution in [0.15, 0.2) is 42.6 Å². The van der Waals surface area contributed by atoms with Crippen molar-refractivity contribution in [2.75, 3.05) is 19.4 Å². The van der Waals surface area contributed by atoms with Gasteiger partial charge in [0.25, 0.3) is 5.91 Å². The van der Waals surface area contributed by atoms with Crippen LogP contribution in [0.3, 0.4) is 0 Å². The second kappa shape index (κ2) is 6.59. The maximum atomic E-state index is 12.4. The number of nitrogens with one attached hydrogen (secondary N) is 1. The average Bonchev–Trinajstić information content (AvgIpc) is 2.53. The van der Waals surface area contributed by atoms with Crippen molar-refractivity contribution in [1.29, 1.82) is 0 Å². The zero-order valence-corrected chi connectivity index (χ0v) is 13.1. The predicted molar refractivity (Wildman–Crippen MR) is 85.7 cm³/mol. The summed E-state index contributed by atoms with van der Waals surface area (Å²) in [5, 5.41) is 3.66. The van der Waals surface area contributed by atoms with E-state index in [9.17, 15) is 4.79 Å². The van der Waals surface area contributed by atoms with Gasteiger partial charge < -0.3 is 10.2 Å². The molecule has 4 nitrogen and oxygen atoms in total. The molecule has 1 amide bonds. The summed E-state index contributed by atoms with van der Waals surface area (Å²) in [6.45, 7) is 1.98. The Morgan fingerprint density at radius 3 is 2.43 bits per heavy atom. The van der Waals surface area contributed by atoms with Crippen LogP contribution in [-0.4, -0.2) is 29.9 Å². The number of aromatic nitrogens is 1. The van der Waals surface area contributed by atoms with Crippen molar-refractivity contribution in [1.82, 2.24) is 9.88 Å². The Labute approximate surface area is 129 Å². The molecule has 0 aliphatic heterocycles. The summed E-state index contributed by atoms with van der Waals surface area (Å²) < 4.78 is 0. The summed E-state index contributed by atoms with van der Waals surface area (Å²) in [4.78, 5) is 18.3. The third-order valence-corrected chi connectivity index (χ3v) is 3.78. The first-order valence-corrected chi connectivity index (χ1v) is 7.07. The summed E-state index contributed by atoms with van der Waals surface area (Å²) in [5.74, 6) is -0.111. The molecule has 0 aliphatic rings. The lowest BCUT2D eigenvalue weighted by Crippen LogP contribution is -2.30. The van der Waals surface area contributed by atoms with Gasteiger partial charge >= 0.3 is 0 Å². The number of hydrogen-bond donors (Lipinski definition) is 1. The first kappa shape index (κ1) is 15.3. The molecule has 2 aromatic rings. The molecule has 21 heavy (non-hydrogen) atoms. The molecule has 0 aliphatic carbocycles. The number of rotatable bonds is 4. The van der Waals surface area contributed by atoms with Crippen LogP contribution in [0.2, 0.25) is 5.02 Å². The fraction of sp³-hybridized carbons (Fsp3) is 0.250. The van der Waals surface area contributed by atoms with Crippen molar-refractivity contribution in [3.8, 4) is 0 Å². The highest BCUT2D eigenvalue weighted by Crippen LogP contribution is 2.22. The predicted octanol–water partition coefficient (Wildman–Crippen LogP) is 3.61. The molecule has 5 heteroatoms. The molecule has 1 atom stereocenters. The van der Waals surface area contributed by atoms with E-state index in [0.29, 0.717) is 10.7 Å². The fourth-order valence-corrected chi connectivity index (χ4v) is 2.12. The monoisotopic (exact) mass is 303 g/mol. The second-order valence-electron chi connectivity index (χ2n) is 4.83. The Bertz CT molecular complexity index is 610. The van der Waals surface area contributed by atoms with E-state index in [1.807, 2.05) is 44.3 Å². The minimum absolute atomic E-state index is 0.0551. The molecule has 1 unspecified atom stereocenters. The molecule has 0 bridgehead atoms. The zero-order valence-electron chi connectivity index (χ0n) is 12.3. The number of pyridine rings is 1. The molecule has 1 heterocycles. The van der Waals surface area contributed by atoms with Gasteiger partial charge in [0.1, 0.15) is 5.69 Å². The van der Waals surface area contributed by atoms with Crippen molar-refractivity contribution in [2.24, 2.45) is 0 Å². The highest BCUT2D eigenvalue weighted by Gasteiger charge is 2.19. The summed E-state index contributed by atoms with van der Waals surface area (Å²) >= 11 is 5.89. The van der Waals surface area contributed by atoms with E-state index in [2.05, 4.69) is 10.3 Å². The van der Waals surface area contributed by atoms with Crippen molar-refractivity contribution in [3.63, 3.8) is 0 Å². The molecule has 2 rings (SSSR count). The Hall–Kier alpha value is -2.07. The second-order valence-corrected chi connectivity index (χ2v) is 5.26. The van der Waals surface area contributed by atoms with Crippen LogP contribution in [0.1, 0.15) is 29.0 Å². The quantitative estimate of drug-likeness (QED) is 0.938. The Kier molecular flexibility index (Phi) is 4.81. The Morgan fingerprint density at radius 1 is 1.24 bits per heavy atom. The number of hydrogen-bond acceptors (Lipinski definition) is 3. The molecule has 1 N–H and O–H groups in total. The van der Waals surface area contributed by atoms with Gasteiger partial charge in [0.15, 0.2) is 0 Å². The van der Waals surface area contributed by atoms with Gasteiger partial charge in [-0.15, -0.1) is 0 Å². The van der Waals surface area contributed by atoms with Crippen molar-refractivity contribution in [3.05, 3.63) is 58.9 Å². The van der Waals surface area contributed by atoms with E-state index >= 15 is 0 Å². The highest BCUT2D eigenvalue weighted by atomic mass is 35.5. The topological polar surface area (TPSA) is 45.2 Å². The van der Waals surface area contributed by atoms with Crippen LogP contribution >= 0.6 is 11.6 Å². The molecular formula is C16H18ClN3O. The summed E-state index contributed by atoms with van der Waals surface area (Å²) in [6, 6.07) is 11.0. The van der Waals surface area contributed by atoms with E-state index in [0.717, 1.165) is 11.3 Å². The fourth-order valence-electron chi connectivity index (χ4n) is 1.99. The van der Waals surface area contributed by atoms with Crippen LogP contribution in [0.25, 0.3) is 0 Å². The molecule has 0 spiro atoms. The van der Waals surface area contributed by atoms with Crippen LogP contribution in [0.4, 0.5) is 5.69 Å². The van der Waals surface area contributed by atoms with Gasteiger partial charge in [-0.05, 0) is 36.8 Å². The standard InChI is InChI=1S/C16H18ClN3O/c1-11(12-4-6-13(17)7-5-12)20(3)16(21)15-9-8-14(18-2)10-19-15/h4-11,18H,1-3H3. The first-order chi connectivity index (χ1) is 10.0. The van der Waals surface area contributed by atoms with Gasteiger partial charge in [-0.3, -0.25) is 4.79 Å². The van der Waals surface area contributed by atoms with Gasteiger partial charge in [0.2, 0.25) is 0 Å². The number of nitrogens with zero attached hydrogens (tertiary/aromatic N) is 2. The SMILES string of the molecule is CNc1ccc(C(=O)N(C)C(C)c2ccc(Cl)cc2)nc1. The minimum Gasteiger partial charge on any atom is -0.387 e. The van der Waals surface area contributed by atoms with Gasteiger partial charge in [0.05, 0.1) is 17.9 Å². The number of anilines is 1. The average molecular weight is 304 g/mol. The van der Waals surface area contributed by atoms with E-state index < -0.39 is 0 Å². The molecule has 110 valence electrons. The van der Waals surface area contributed by atoms with Gasteiger partial charge in [-0.1, -0.05) is 23.7 Å². The maximum absolute atomic E-state index is 12.4. The van der Waals surface area contributed by atoms with Crippen molar-refractivity contribution in [2.45, 2.75) is 13.0 Å². The normalized spacial score (nSPS) is 11.8. The highest BCUT2D eigenvalue weighted by molar-refractivity contribution is 6.30. The van der Waals surface area contributed by atoms with Crippen molar-refractivity contribution < 1.29 is 4.79 Å². The van der Waals surface area contributed by atoms with E-state index in [4.69, 9.17) is 11.6 Å². The Morgan fingerprint density at radius 2 is 1.90 bits per heavy atom. The lowest BCUT2D eigenvalue weighted by atomic mass is 10.1. The van der Waals surface area contributed by atoms with Crippen LogP contribution < -0.4 is 5.32 Å². The summed E-state index contributed by atoms with van der Waals surface area (Å²) in [6.07, 6.45) is 1.65. The van der Waals surface area contributed by atoms with E-state index in [1.165, 1.54) is 0 Å². The molecule has 0 saturated carbocycles. The molecular weight excluding hydrogens is 286 g/mol. The first-order valence-electron chi connectivity index (χ1n) is 6.69. The zero-order chi connectivity index (χ0) is 15.4. The molecule has 0 fully saturated rings. The number of benzene rings is 1. The van der Waals surface area contributed by atoms with E-state index in [1.54, 1.807) is 24.2 Å². The minimum atomic E-state index is -0.111. The van der Waals surface area contributed by atoms with E-state index in [-0.39, 0.29) is 11.9 Å². The third-order valence-electron chi connectivity index (χ3n) is 3.52. The molecule has 1 aromatic heterocycles. The lowest BCUT2D eigenvalue weighted by molar-refractivity contribution is 0.0737. The molecule has 1 aromatic carbocycles.